The summed E-state index contributed by atoms with van der Waals surface area (Å²) in [4.78, 5) is 0.0321. The number of rotatable bonds is 6. The monoisotopic (exact) mass is 337 g/mol. The van der Waals surface area contributed by atoms with Crippen molar-refractivity contribution in [2.24, 2.45) is 0 Å². The summed E-state index contributed by atoms with van der Waals surface area (Å²) in [6, 6.07) is 11.4. The third-order valence-corrected chi connectivity index (χ3v) is 5.23. The van der Waals surface area contributed by atoms with Crippen LogP contribution in [0.15, 0.2) is 47.4 Å². The smallest absolute Gasteiger partial charge is 0.267 e. The Kier molecular flexibility index (Phi) is 5.00. The van der Waals surface area contributed by atoms with Crippen molar-refractivity contribution in [1.29, 1.82) is 0 Å². The Hall–Kier alpha value is -2.41. The van der Waals surface area contributed by atoms with Gasteiger partial charge in [0.1, 0.15) is 22.1 Å². The second kappa shape index (κ2) is 6.78. The molecule has 2 aromatic rings. The van der Waals surface area contributed by atoms with Crippen molar-refractivity contribution in [2.75, 3.05) is 32.7 Å². The normalized spacial score (nSPS) is 11.0. The van der Waals surface area contributed by atoms with Crippen molar-refractivity contribution in [2.45, 2.75) is 4.90 Å². The summed E-state index contributed by atoms with van der Waals surface area (Å²) >= 11 is 0. The predicted molar refractivity (Wildman–Crippen MR) is 88.1 cm³/mol. The van der Waals surface area contributed by atoms with Crippen LogP contribution in [0.3, 0.4) is 0 Å². The largest absolute Gasteiger partial charge is 0.497 e. The number of nitrogens with zero attached hydrogens (tertiary/aromatic N) is 1. The van der Waals surface area contributed by atoms with Gasteiger partial charge in [-0.15, -0.1) is 0 Å². The zero-order valence-electron chi connectivity index (χ0n) is 13.4. The molecule has 0 fully saturated rings. The lowest BCUT2D eigenvalue weighted by Crippen LogP contribution is -2.27. The van der Waals surface area contributed by atoms with Crippen molar-refractivity contribution in [3.05, 3.63) is 42.5 Å². The van der Waals surface area contributed by atoms with Crippen LogP contribution in [-0.2, 0) is 10.0 Å². The van der Waals surface area contributed by atoms with E-state index in [0.717, 1.165) is 0 Å². The van der Waals surface area contributed by atoms with Crippen molar-refractivity contribution in [3.63, 3.8) is 0 Å². The average Bonchev–Trinajstić information content (AvgIpc) is 2.60. The van der Waals surface area contributed by atoms with E-state index in [9.17, 15) is 8.42 Å². The fraction of sp³-hybridized carbons (Fsp3) is 0.250. The SMILES string of the molecule is COc1cccc(N(C)S(=O)(=O)c2cc(OC)ccc2OC)c1. The van der Waals surface area contributed by atoms with Gasteiger partial charge in [-0.25, -0.2) is 8.42 Å². The van der Waals surface area contributed by atoms with Gasteiger partial charge in [0, 0.05) is 19.2 Å². The Balaban J connectivity index is 2.52. The summed E-state index contributed by atoms with van der Waals surface area (Å²) in [5.74, 6) is 1.26. The van der Waals surface area contributed by atoms with Crippen LogP contribution < -0.4 is 18.5 Å². The molecule has 23 heavy (non-hydrogen) atoms. The fourth-order valence-electron chi connectivity index (χ4n) is 2.08. The van der Waals surface area contributed by atoms with Crippen LogP contribution in [0.5, 0.6) is 17.2 Å². The van der Waals surface area contributed by atoms with Crippen molar-refractivity contribution < 1.29 is 22.6 Å². The minimum Gasteiger partial charge on any atom is -0.497 e. The van der Waals surface area contributed by atoms with E-state index in [1.54, 1.807) is 36.4 Å². The molecule has 0 saturated carbocycles. The number of benzene rings is 2. The summed E-state index contributed by atoms with van der Waals surface area (Å²) in [6.45, 7) is 0. The van der Waals surface area contributed by atoms with E-state index in [1.165, 1.54) is 38.7 Å². The molecule has 2 aromatic carbocycles. The topological polar surface area (TPSA) is 65.1 Å². The highest BCUT2D eigenvalue weighted by Crippen LogP contribution is 2.32. The number of ether oxygens (including phenoxy) is 3. The Morgan fingerprint density at radius 1 is 0.870 bits per heavy atom. The molecule has 124 valence electrons. The average molecular weight is 337 g/mol. The molecule has 0 radical (unpaired) electrons. The van der Waals surface area contributed by atoms with E-state index < -0.39 is 10.0 Å². The molecule has 0 N–H and O–H groups in total. The molecule has 2 rings (SSSR count). The zero-order valence-corrected chi connectivity index (χ0v) is 14.3. The third-order valence-electron chi connectivity index (χ3n) is 3.43. The van der Waals surface area contributed by atoms with Gasteiger partial charge in [-0.05, 0) is 24.3 Å². The molecular formula is C16H19NO5S. The summed E-state index contributed by atoms with van der Waals surface area (Å²) in [6.07, 6.45) is 0. The van der Waals surface area contributed by atoms with E-state index in [-0.39, 0.29) is 10.6 Å². The van der Waals surface area contributed by atoms with Crippen LogP contribution in [0.4, 0.5) is 5.69 Å². The molecule has 0 aromatic heterocycles. The maximum Gasteiger partial charge on any atom is 0.267 e. The molecule has 0 aliphatic heterocycles. The summed E-state index contributed by atoms with van der Waals surface area (Å²) < 4.78 is 42.5. The van der Waals surface area contributed by atoms with Gasteiger partial charge >= 0.3 is 0 Å². The molecule has 0 amide bonds. The first-order valence-electron chi connectivity index (χ1n) is 6.79. The molecule has 0 aliphatic rings. The predicted octanol–water partition coefficient (Wildman–Crippen LogP) is 2.54. The quantitative estimate of drug-likeness (QED) is 0.810. The van der Waals surface area contributed by atoms with Crippen molar-refractivity contribution in [3.8, 4) is 17.2 Å². The molecule has 0 bridgehead atoms. The molecule has 0 spiro atoms. The van der Waals surface area contributed by atoms with Gasteiger partial charge in [0.05, 0.1) is 27.0 Å². The Morgan fingerprint density at radius 2 is 1.52 bits per heavy atom. The van der Waals surface area contributed by atoms with Gasteiger partial charge in [0.2, 0.25) is 0 Å². The lowest BCUT2D eigenvalue weighted by Gasteiger charge is -2.21. The molecule has 0 atom stereocenters. The Morgan fingerprint density at radius 3 is 2.13 bits per heavy atom. The van der Waals surface area contributed by atoms with Gasteiger partial charge in [-0.2, -0.15) is 0 Å². The van der Waals surface area contributed by atoms with Crippen LogP contribution in [-0.4, -0.2) is 36.8 Å². The van der Waals surface area contributed by atoms with Gasteiger partial charge in [0.25, 0.3) is 10.0 Å². The minimum atomic E-state index is -3.82. The molecular weight excluding hydrogens is 318 g/mol. The number of methoxy groups -OCH3 is 3. The number of hydrogen-bond acceptors (Lipinski definition) is 5. The molecule has 6 nitrogen and oxygen atoms in total. The van der Waals surface area contributed by atoms with E-state index in [1.807, 2.05) is 0 Å². The van der Waals surface area contributed by atoms with E-state index in [4.69, 9.17) is 14.2 Å². The van der Waals surface area contributed by atoms with Crippen LogP contribution in [0.1, 0.15) is 0 Å². The van der Waals surface area contributed by atoms with Crippen molar-refractivity contribution in [1.82, 2.24) is 0 Å². The zero-order chi connectivity index (χ0) is 17.0. The number of sulfonamides is 1. The second-order valence-electron chi connectivity index (χ2n) is 4.69. The minimum absolute atomic E-state index is 0.0321. The van der Waals surface area contributed by atoms with Crippen LogP contribution in [0, 0.1) is 0 Å². The van der Waals surface area contributed by atoms with Gasteiger partial charge in [-0.3, -0.25) is 4.31 Å². The maximum absolute atomic E-state index is 12.9. The van der Waals surface area contributed by atoms with Crippen LogP contribution in [0.2, 0.25) is 0 Å². The van der Waals surface area contributed by atoms with Gasteiger partial charge < -0.3 is 14.2 Å². The highest BCUT2D eigenvalue weighted by molar-refractivity contribution is 7.92. The van der Waals surface area contributed by atoms with Crippen molar-refractivity contribution >= 4 is 15.7 Å². The molecule has 0 aliphatic carbocycles. The second-order valence-corrected chi connectivity index (χ2v) is 6.63. The fourth-order valence-corrected chi connectivity index (χ4v) is 3.44. The van der Waals surface area contributed by atoms with Gasteiger partial charge in [-0.1, -0.05) is 6.07 Å². The van der Waals surface area contributed by atoms with E-state index in [2.05, 4.69) is 0 Å². The maximum atomic E-state index is 12.9. The number of hydrogen-bond donors (Lipinski definition) is 0. The molecule has 0 unspecified atom stereocenters. The highest BCUT2D eigenvalue weighted by atomic mass is 32.2. The van der Waals surface area contributed by atoms with E-state index >= 15 is 0 Å². The standard InChI is InChI=1S/C16H19NO5S/c1-17(12-6-5-7-13(10-12)20-2)23(18,19)16-11-14(21-3)8-9-15(16)22-4/h5-11H,1-4H3. The summed E-state index contributed by atoms with van der Waals surface area (Å²) in [7, 11) is 2.08. The van der Waals surface area contributed by atoms with E-state index in [0.29, 0.717) is 17.2 Å². The first-order valence-corrected chi connectivity index (χ1v) is 8.23. The molecule has 7 heteroatoms. The van der Waals surface area contributed by atoms with Gasteiger partial charge in [0.15, 0.2) is 0 Å². The summed E-state index contributed by atoms with van der Waals surface area (Å²) in [5, 5.41) is 0. The highest BCUT2D eigenvalue weighted by Gasteiger charge is 2.26. The Bertz CT molecular complexity index is 789. The summed E-state index contributed by atoms with van der Waals surface area (Å²) in [5.41, 5.74) is 0.481. The first kappa shape index (κ1) is 17.0. The lowest BCUT2D eigenvalue weighted by atomic mass is 10.3. The first-order chi connectivity index (χ1) is 10.9. The Labute approximate surface area is 136 Å². The number of anilines is 1. The van der Waals surface area contributed by atoms with Crippen LogP contribution in [0.25, 0.3) is 0 Å². The third kappa shape index (κ3) is 3.34. The molecule has 0 heterocycles. The van der Waals surface area contributed by atoms with Crippen LogP contribution >= 0.6 is 0 Å². The lowest BCUT2D eigenvalue weighted by molar-refractivity contribution is 0.392. The molecule has 0 saturated heterocycles.